The topological polar surface area (TPSA) is 41.6 Å². The first-order chi connectivity index (χ1) is 11.2. The molecule has 0 unspecified atom stereocenters. The summed E-state index contributed by atoms with van der Waals surface area (Å²) in [5.41, 5.74) is 1.36. The number of hydrogen-bond acceptors (Lipinski definition) is 3. The lowest BCUT2D eigenvalue weighted by atomic mass is 9.88. The Labute approximate surface area is 139 Å². The van der Waals surface area contributed by atoms with E-state index in [2.05, 4.69) is 29.3 Å². The van der Waals surface area contributed by atoms with Crippen molar-refractivity contribution in [2.24, 2.45) is 5.92 Å². The van der Waals surface area contributed by atoms with Crippen LogP contribution in [-0.4, -0.2) is 43.6 Å². The van der Waals surface area contributed by atoms with E-state index >= 15 is 0 Å². The van der Waals surface area contributed by atoms with Crippen LogP contribution in [0, 0.1) is 5.92 Å². The van der Waals surface area contributed by atoms with Crippen LogP contribution in [0.25, 0.3) is 0 Å². The lowest BCUT2D eigenvalue weighted by Gasteiger charge is -2.40. The van der Waals surface area contributed by atoms with Crippen molar-refractivity contribution in [1.29, 1.82) is 0 Å². The minimum Gasteiger partial charge on any atom is -0.497 e. The highest BCUT2D eigenvalue weighted by Gasteiger charge is 2.34. The zero-order valence-corrected chi connectivity index (χ0v) is 14.3. The minimum absolute atomic E-state index is 0.226. The van der Waals surface area contributed by atoms with Crippen LogP contribution >= 0.6 is 0 Å². The Bertz CT molecular complexity index is 529. The molecule has 3 atom stereocenters. The zero-order valence-electron chi connectivity index (χ0n) is 14.3. The van der Waals surface area contributed by atoms with Crippen LogP contribution in [-0.2, 0) is 4.79 Å². The number of carbonyl (C=O) groups excluding carboxylic acids is 1. The Morgan fingerprint density at radius 2 is 2.09 bits per heavy atom. The van der Waals surface area contributed by atoms with Crippen molar-refractivity contribution < 1.29 is 9.53 Å². The molecule has 2 aliphatic heterocycles. The van der Waals surface area contributed by atoms with Gasteiger partial charge in [-0.15, -0.1) is 0 Å². The molecule has 4 heteroatoms. The zero-order chi connectivity index (χ0) is 16.2. The number of piperidine rings is 1. The average Bonchev–Trinajstić information content (AvgIpc) is 3.01. The molecule has 2 saturated heterocycles. The van der Waals surface area contributed by atoms with Crippen molar-refractivity contribution in [2.45, 2.75) is 44.6 Å². The van der Waals surface area contributed by atoms with Gasteiger partial charge >= 0.3 is 0 Å². The van der Waals surface area contributed by atoms with Crippen LogP contribution < -0.4 is 10.1 Å². The van der Waals surface area contributed by atoms with E-state index in [4.69, 9.17) is 4.74 Å². The van der Waals surface area contributed by atoms with Crippen LogP contribution in [0.5, 0.6) is 5.75 Å². The van der Waals surface area contributed by atoms with Gasteiger partial charge in [-0.1, -0.05) is 25.5 Å². The molecule has 2 heterocycles. The lowest BCUT2D eigenvalue weighted by Crippen LogP contribution is -2.46. The molecule has 4 nitrogen and oxygen atoms in total. The van der Waals surface area contributed by atoms with E-state index in [0.29, 0.717) is 24.3 Å². The van der Waals surface area contributed by atoms with Gasteiger partial charge in [-0.3, -0.25) is 9.69 Å². The number of benzene rings is 1. The third-order valence-corrected chi connectivity index (χ3v) is 5.41. The van der Waals surface area contributed by atoms with Gasteiger partial charge in [-0.2, -0.15) is 0 Å². The van der Waals surface area contributed by atoms with Gasteiger partial charge in [0.1, 0.15) is 5.75 Å². The average molecular weight is 316 g/mol. The molecule has 0 bridgehead atoms. The van der Waals surface area contributed by atoms with Crippen molar-refractivity contribution in [2.75, 3.05) is 26.7 Å². The van der Waals surface area contributed by atoms with Crippen molar-refractivity contribution in [1.82, 2.24) is 10.2 Å². The summed E-state index contributed by atoms with van der Waals surface area (Å²) >= 11 is 0. The fourth-order valence-electron chi connectivity index (χ4n) is 4.07. The second-order valence-corrected chi connectivity index (χ2v) is 7.00. The van der Waals surface area contributed by atoms with Crippen molar-refractivity contribution in [3.63, 3.8) is 0 Å². The normalized spacial score (nSPS) is 26.8. The molecular weight excluding hydrogens is 288 g/mol. The van der Waals surface area contributed by atoms with Crippen molar-refractivity contribution in [3.05, 3.63) is 29.8 Å². The van der Waals surface area contributed by atoms with Gasteiger partial charge in [0.2, 0.25) is 5.91 Å². The summed E-state index contributed by atoms with van der Waals surface area (Å²) in [7, 11) is 1.70. The molecule has 0 saturated carbocycles. The molecule has 1 amide bonds. The van der Waals surface area contributed by atoms with E-state index < -0.39 is 0 Å². The summed E-state index contributed by atoms with van der Waals surface area (Å²) in [5, 5.41) is 3.01. The third kappa shape index (κ3) is 3.86. The molecule has 23 heavy (non-hydrogen) atoms. The third-order valence-electron chi connectivity index (χ3n) is 5.41. The predicted octanol–water partition coefficient (Wildman–Crippen LogP) is 2.79. The van der Waals surface area contributed by atoms with Gasteiger partial charge in [-0.25, -0.2) is 0 Å². The SMILES string of the molecule is COc1ccc([C@H](C)CN2CCCC[C@H]2[C@@H]2CNC(=O)C2)cc1. The standard InChI is InChI=1S/C19H28N2O2/c1-14(15-6-8-17(23-2)9-7-15)13-21-10-4-3-5-18(21)16-11-19(22)20-12-16/h6-9,14,16,18H,3-5,10-13H2,1-2H3,(H,20,22)/t14-,16+,18+/m1/s1. The fraction of sp³-hybridized carbons (Fsp3) is 0.632. The highest BCUT2D eigenvalue weighted by Crippen LogP contribution is 2.30. The molecule has 0 aliphatic carbocycles. The van der Waals surface area contributed by atoms with Crippen molar-refractivity contribution in [3.8, 4) is 5.75 Å². The number of hydrogen-bond donors (Lipinski definition) is 1. The Hall–Kier alpha value is -1.55. The molecule has 2 fully saturated rings. The number of ether oxygens (including phenoxy) is 1. The first-order valence-electron chi connectivity index (χ1n) is 8.82. The first-order valence-corrected chi connectivity index (χ1v) is 8.82. The number of carbonyl (C=O) groups is 1. The van der Waals surface area contributed by atoms with Gasteiger partial charge in [0.05, 0.1) is 7.11 Å². The van der Waals surface area contributed by atoms with E-state index in [-0.39, 0.29) is 5.91 Å². The molecule has 1 aromatic carbocycles. The summed E-state index contributed by atoms with van der Waals surface area (Å²) < 4.78 is 5.24. The summed E-state index contributed by atoms with van der Waals surface area (Å²) in [6, 6.07) is 8.98. The Morgan fingerprint density at radius 3 is 2.74 bits per heavy atom. The molecule has 0 radical (unpaired) electrons. The summed E-state index contributed by atoms with van der Waals surface area (Å²) in [5.74, 6) is 2.12. The summed E-state index contributed by atoms with van der Waals surface area (Å²) in [4.78, 5) is 14.2. The quantitative estimate of drug-likeness (QED) is 0.908. The van der Waals surface area contributed by atoms with E-state index in [1.165, 1.54) is 24.8 Å². The molecule has 0 spiro atoms. The van der Waals surface area contributed by atoms with Crippen LogP contribution in [0.3, 0.4) is 0 Å². The molecule has 1 aromatic rings. The summed E-state index contributed by atoms with van der Waals surface area (Å²) in [6.07, 6.45) is 4.51. The fourth-order valence-corrected chi connectivity index (χ4v) is 4.07. The number of nitrogens with one attached hydrogen (secondary N) is 1. The maximum atomic E-state index is 11.6. The summed E-state index contributed by atoms with van der Waals surface area (Å²) in [6.45, 7) is 5.39. The number of amides is 1. The van der Waals surface area contributed by atoms with E-state index in [1.807, 2.05) is 12.1 Å². The number of nitrogens with zero attached hydrogens (tertiary/aromatic N) is 1. The maximum absolute atomic E-state index is 11.6. The van der Waals surface area contributed by atoms with Crippen LogP contribution in [0.15, 0.2) is 24.3 Å². The Kier molecular flexibility index (Phi) is 5.21. The highest BCUT2D eigenvalue weighted by atomic mass is 16.5. The van der Waals surface area contributed by atoms with Crippen LogP contribution in [0.4, 0.5) is 0 Å². The Balaban J connectivity index is 1.64. The molecule has 0 aromatic heterocycles. The smallest absolute Gasteiger partial charge is 0.220 e. The molecule has 1 N–H and O–H groups in total. The van der Waals surface area contributed by atoms with Crippen molar-refractivity contribution >= 4 is 5.91 Å². The monoisotopic (exact) mass is 316 g/mol. The van der Waals surface area contributed by atoms with E-state index in [9.17, 15) is 4.79 Å². The van der Waals surface area contributed by atoms with Gasteiger partial charge in [0.25, 0.3) is 0 Å². The maximum Gasteiger partial charge on any atom is 0.220 e. The Morgan fingerprint density at radius 1 is 1.30 bits per heavy atom. The van der Waals surface area contributed by atoms with Gasteiger partial charge in [-0.05, 0) is 43.0 Å². The van der Waals surface area contributed by atoms with E-state index in [1.54, 1.807) is 7.11 Å². The van der Waals surface area contributed by atoms with Gasteiger partial charge < -0.3 is 10.1 Å². The number of rotatable bonds is 5. The minimum atomic E-state index is 0.226. The van der Waals surface area contributed by atoms with E-state index in [0.717, 1.165) is 25.4 Å². The largest absolute Gasteiger partial charge is 0.497 e. The number of likely N-dealkylation sites (tertiary alicyclic amines) is 1. The van der Waals surface area contributed by atoms with Crippen LogP contribution in [0.1, 0.15) is 44.1 Å². The second kappa shape index (κ2) is 7.35. The van der Waals surface area contributed by atoms with Gasteiger partial charge in [0, 0.05) is 31.5 Å². The molecule has 126 valence electrons. The molecular formula is C19H28N2O2. The number of methoxy groups -OCH3 is 1. The highest BCUT2D eigenvalue weighted by molar-refractivity contribution is 5.78. The molecule has 3 rings (SSSR count). The van der Waals surface area contributed by atoms with Gasteiger partial charge in [0.15, 0.2) is 0 Å². The predicted molar refractivity (Wildman–Crippen MR) is 91.7 cm³/mol. The molecule has 2 aliphatic rings. The van der Waals surface area contributed by atoms with Crippen LogP contribution in [0.2, 0.25) is 0 Å². The second-order valence-electron chi connectivity index (χ2n) is 7.00. The first kappa shape index (κ1) is 16.3. The lowest BCUT2D eigenvalue weighted by molar-refractivity contribution is -0.119.